The number of nitrogens with one attached hydrogen (secondary N) is 1. The normalized spacial score (nSPS) is 20.9. The maximum Gasteiger partial charge on any atom is 0.215 e. The molecule has 1 unspecified atom stereocenters. The molecule has 108 valence electrons. The van der Waals surface area contributed by atoms with E-state index >= 15 is 0 Å². The van der Waals surface area contributed by atoms with E-state index in [1.807, 2.05) is 12.3 Å². The van der Waals surface area contributed by atoms with Gasteiger partial charge in [0.1, 0.15) is 0 Å². The summed E-state index contributed by atoms with van der Waals surface area (Å²) in [4.78, 5) is 4.31. The molecule has 0 aromatic carbocycles. The Bertz CT molecular complexity index is 507. The summed E-state index contributed by atoms with van der Waals surface area (Å²) >= 11 is 1.55. The van der Waals surface area contributed by atoms with Crippen LogP contribution >= 0.6 is 11.3 Å². The van der Waals surface area contributed by atoms with Crippen molar-refractivity contribution in [2.75, 3.05) is 19.3 Å². The van der Waals surface area contributed by atoms with Gasteiger partial charge in [0.15, 0.2) is 0 Å². The van der Waals surface area contributed by atoms with Crippen molar-refractivity contribution in [1.29, 1.82) is 0 Å². The summed E-state index contributed by atoms with van der Waals surface area (Å²) < 4.78 is 26.0. The van der Waals surface area contributed by atoms with E-state index in [2.05, 4.69) is 10.3 Å². The summed E-state index contributed by atoms with van der Waals surface area (Å²) in [6.45, 7) is 3.21. The Kier molecular flexibility index (Phi) is 4.94. The molecule has 1 aromatic heterocycles. The molecule has 19 heavy (non-hydrogen) atoms. The minimum absolute atomic E-state index is 0.0957. The minimum Gasteiger partial charge on any atom is -0.313 e. The lowest BCUT2D eigenvalue weighted by Crippen LogP contribution is -2.43. The molecule has 1 aliphatic heterocycles. The van der Waals surface area contributed by atoms with Gasteiger partial charge in [0.25, 0.3) is 0 Å². The third-order valence-corrected chi connectivity index (χ3v) is 6.08. The second kappa shape index (κ2) is 6.30. The predicted molar refractivity (Wildman–Crippen MR) is 77.7 cm³/mol. The third kappa shape index (κ3) is 4.24. The molecule has 1 aliphatic rings. The number of nitrogens with zero attached hydrogens (tertiary/aromatic N) is 2. The van der Waals surface area contributed by atoms with Crippen LogP contribution in [0.15, 0.2) is 5.38 Å². The maximum atomic E-state index is 12.3. The third-order valence-electron chi connectivity index (χ3n) is 3.35. The molecule has 0 radical (unpaired) electrons. The summed E-state index contributed by atoms with van der Waals surface area (Å²) in [5.74, 6) is 0.187. The Labute approximate surface area is 119 Å². The summed E-state index contributed by atoms with van der Waals surface area (Å²) in [6, 6.07) is 0.0957. The smallest absolute Gasteiger partial charge is 0.215 e. The zero-order chi connectivity index (χ0) is 13.9. The Morgan fingerprint density at radius 3 is 2.89 bits per heavy atom. The van der Waals surface area contributed by atoms with Gasteiger partial charge in [-0.1, -0.05) is 6.42 Å². The number of piperidine rings is 1. The van der Waals surface area contributed by atoms with Crippen LogP contribution in [-0.2, 0) is 16.6 Å². The Morgan fingerprint density at radius 1 is 1.53 bits per heavy atom. The molecule has 5 nitrogen and oxygen atoms in total. The lowest BCUT2D eigenvalue weighted by atomic mass is 10.1. The SMILES string of the molecule is Cc1nc(CN(C)S(=O)(=O)CC2CCCCN2)cs1. The first-order valence-electron chi connectivity index (χ1n) is 6.56. The van der Waals surface area contributed by atoms with Crippen molar-refractivity contribution in [2.24, 2.45) is 0 Å². The summed E-state index contributed by atoms with van der Waals surface area (Å²) in [6.07, 6.45) is 3.20. The highest BCUT2D eigenvalue weighted by molar-refractivity contribution is 7.89. The highest BCUT2D eigenvalue weighted by Gasteiger charge is 2.25. The van der Waals surface area contributed by atoms with E-state index in [0.717, 1.165) is 36.5 Å². The van der Waals surface area contributed by atoms with Crippen LogP contribution in [0.5, 0.6) is 0 Å². The van der Waals surface area contributed by atoms with Crippen molar-refractivity contribution < 1.29 is 8.42 Å². The molecular weight excluding hydrogens is 282 g/mol. The average Bonchev–Trinajstić information content (AvgIpc) is 2.75. The van der Waals surface area contributed by atoms with Gasteiger partial charge in [-0.15, -0.1) is 11.3 Å². The lowest BCUT2D eigenvalue weighted by Gasteiger charge is -2.25. The fourth-order valence-corrected chi connectivity index (χ4v) is 4.24. The fraction of sp³-hybridized carbons (Fsp3) is 0.750. The second-order valence-corrected chi connectivity index (χ2v) is 8.22. The van der Waals surface area contributed by atoms with Crippen LogP contribution in [-0.4, -0.2) is 43.1 Å². The van der Waals surface area contributed by atoms with Crippen molar-refractivity contribution in [2.45, 2.75) is 38.8 Å². The average molecular weight is 303 g/mol. The van der Waals surface area contributed by atoms with E-state index in [-0.39, 0.29) is 11.8 Å². The van der Waals surface area contributed by atoms with Crippen molar-refractivity contribution in [1.82, 2.24) is 14.6 Å². The molecule has 1 saturated heterocycles. The molecule has 1 fully saturated rings. The van der Waals surface area contributed by atoms with E-state index in [4.69, 9.17) is 0 Å². The van der Waals surface area contributed by atoms with Crippen molar-refractivity contribution in [3.8, 4) is 0 Å². The van der Waals surface area contributed by atoms with Crippen molar-refractivity contribution in [3.63, 3.8) is 0 Å². The quantitative estimate of drug-likeness (QED) is 0.892. The van der Waals surface area contributed by atoms with Gasteiger partial charge < -0.3 is 5.32 Å². The molecule has 1 aromatic rings. The second-order valence-electron chi connectivity index (χ2n) is 5.04. The number of sulfonamides is 1. The summed E-state index contributed by atoms with van der Waals surface area (Å²) in [5, 5.41) is 6.16. The van der Waals surface area contributed by atoms with Gasteiger partial charge in [0, 0.05) is 18.5 Å². The highest BCUT2D eigenvalue weighted by atomic mass is 32.2. The van der Waals surface area contributed by atoms with Gasteiger partial charge in [0.05, 0.1) is 23.0 Å². The van der Waals surface area contributed by atoms with E-state index in [1.54, 1.807) is 18.4 Å². The van der Waals surface area contributed by atoms with Crippen LogP contribution in [0.1, 0.15) is 30.0 Å². The molecule has 2 rings (SSSR count). The van der Waals surface area contributed by atoms with E-state index in [0.29, 0.717) is 6.54 Å². The largest absolute Gasteiger partial charge is 0.313 e. The number of hydrogen-bond donors (Lipinski definition) is 1. The van der Waals surface area contributed by atoms with Crippen LogP contribution in [0.25, 0.3) is 0 Å². The van der Waals surface area contributed by atoms with E-state index in [1.165, 1.54) is 4.31 Å². The van der Waals surface area contributed by atoms with Gasteiger partial charge >= 0.3 is 0 Å². The fourth-order valence-electron chi connectivity index (χ4n) is 2.26. The van der Waals surface area contributed by atoms with Crippen LogP contribution < -0.4 is 5.32 Å². The van der Waals surface area contributed by atoms with Gasteiger partial charge in [-0.2, -0.15) is 4.31 Å². The minimum atomic E-state index is -3.21. The molecule has 1 N–H and O–H groups in total. The number of rotatable bonds is 5. The highest BCUT2D eigenvalue weighted by Crippen LogP contribution is 2.14. The van der Waals surface area contributed by atoms with Gasteiger partial charge in [0.2, 0.25) is 10.0 Å². The number of hydrogen-bond acceptors (Lipinski definition) is 5. The molecule has 0 spiro atoms. The molecule has 0 amide bonds. The van der Waals surface area contributed by atoms with Crippen molar-refractivity contribution in [3.05, 3.63) is 16.1 Å². The van der Waals surface area contributed by atoms with Gasteiger partial charge in [-0.3, -0.25) is 0 Å². The zero-order valence-electron chi connectivity index (χ0n) is 11.4. The molecule has 0 aliphatic carbocycles. The van der Waals surface area contributed by atoms with E-state index in [9.17, 15) is 8.42 Å². The molecule has 0 bridgehead atoms. The van der Waals surface area contributed by atoms with Crippen LogP contribution in [0.2, 0.25) is 0 Å². The first kappa shape index (κ1) is 14.9. The number of thiazole rings is 1. The van der Waals surface area contributed by atoms with Crippen LogP contribution in [0.3, 0.4) is 0 Å². The Morgan fingerprint density at radius 2 is 2.32 bits per heavy atom. The molecule has 1 atom stereocenters. The van der Waals surface area contributed by atoms with E-state index < -0.39 is 10.0 Å². The van der Waals surface area contributed by atoms with Crippen molar-refractivity contribution >= 4 is 21.4 Å². The zero-order valence-corrected chi connectivity index (χ0v) is 13.1. The lowest BCUT2D eigenvalue weighted by molar-refractivity contribution is 0.407. The Hall–Kier alpha value is -0.500. The molecule has 2 heterocycles. The summed E-state index contributed by atoms with van der Waals surface area (Å²) in [7, 11) is -1.58. The molecule has 7 heteroatoms. The number of aryl methyl sites for hydroxylation is 1. The molecular formula is C12H21N3O2S2. The number of aromatic nitrogens is 1. The summed E-state index contributed by atoms with van der Waals surface area (Å²) in [5.41, 5.74) is 0.824. The van der Waals surface area contributed by atoms with Gasteiger partial charge in [-0.05, 0) is 26.3 Å². The van der Waals surface area contributed by atoms with Crippen LogP contribution in [0, 0.1) is 6.92 Å². The first-order chi connectivity index (χ1) is 8.97. The Balaban J connectivity index is 1.94. The van der Waals surface area contributed by atoms with Crippen LogP contribution in [0.4, 0.5) is 0 Å². The van der Waals surface area contributed by atoms with Gasteiger partial charge in [-0.25, -0.2) is 13.4 Å². The topological polar surface area (TPSA) is 62.3 Å². The maximum absolute atomic E-state index is 12.3. The monoisotopic (exact) mass is 303 g/mol. The predicted octanol–water partition coefficient (Wildman–Crippen LogP) is 1.36. The first-order valence-corrected chi connectivity index (χ1v) is 9.04. The standard InChI is InChI=1S/C12H21N3O2S2/c1-10-14-12(8-18-10)7-15(2)19(16,17)9-11-5-3-4-6-13-11/h8,11,13H,3-7,9H2,1-2H3. The molecule has 0 saturated carbocycles.